The monoisotopic (exact) mass is 404 g/mol. The van der Waals surface area contributed by atoms with Gasteiger partial charge in [0.15, 0.2) is 18.1 Å². The zero-order valence-corrected chi connectivity index (χ0v) is 17.1. The number of hydrogen-bond donors (Lipinski definition) is 1. The van der Waals surface area contributed by atoms with E-state index in [1.54, 1.807) is 0 Å². The smallest absolute Gasteiger partial charge is 0.260 e. The fourth-order valence-corrected chi connectivity index (χ4v) is 3.32. The lowest BCUT2D eigenvalue weighted by atomic mass is 9.92. The van der Waals surface area contributed by atoms with Crippen LogP contribution in [0.15, 0.2) is 54.6 Å². The normalized spacial score (nSPS) is 17.4. The van der Waals surface area contributed by atoms with Gasteiger partial charge in [-0.3, -0.25) is 4.79 Å². The van der Waals surface area contributed by atoms with Gasteiger partial charge in [0.25, 0.3) is 5.91 Å². The van der Waals surface area contributed by atoms with E-state index in [0.29, 0.717) is 30.6 Å². The summed E-state index contributed by atoms with van der Waals surface area (Å²) in [4.78, 5) is 14.4. The Morgan fingerprint density at radius 1 is 1.11 bits per heavy atom. The van der Waals surface area contributed by atoms with E-state index >= 15 is 0 Å². The van der Waals surface area contributed by atoms with Crippen molar-refractivity contribution in [1.29, 1.82) is 0 Å². The number of hydrogen-bond acceptors (Lipinski definition) is 4. The van der Waals surface area contributed by atoms with E-state index in [9.17, 15) is 4.79 Å². The largest absolute Gasteiger partial charge is 0.485 e. The second-order valence-electron chi connectivity index (χ2n) is 7.11. The Morgan fingerprint density at radius 3 is 2.43 bits per heavy atom. The van der Waals surface area contributed by atoms with Crippen LogP contribution in [0.3, 0.4) is 0 Å². The third-order valence-corrected chi connectivity index (χ3v) is 4.99. The number of benzene rings is 2. The van der Waals surface area contributed by atoms with Gasteiger partial charge >= 0.3 is 0 Å². The van der Waals surface area contributed by atoms with Crippen LogP contribution < -0.4 is 15.2 Å². The second kappa shape index (κ2) is 10.9. The third kappa shape index (κ3) is 6.14. The molecule has 1 amide bonds. The Labute approximate surface area is 173 Å². The summed E-state index contributed by atoms with van der Waals surface area (Å²) in [7, 11) is 0. The van der Waals surface area contributed by atoms with Gasteiger partial charge in [-0.25, -0.2) is 0 Å². The number of nitrogens with zero attached hydrogens (tertiary/aromatic N) is 1. The van der Waals surface area contributed by atoms with Gasteiger partial charge in [-0.2, -0.15) is 0 Å². The van der Waals surface area contributed by atoms with Crippen LogP contribution >= 0.6 is 12.4 Å². The number of nitrogens with two attached hydrogens (primary N) is 1. The zero-order valence-electron chi connectivity index (χ0n) is 16.3. The molecule has 28 heavy (non-hydrogen) atoms. The predicted octanol–water partition coefficient (Wildman–Crippen LogP) is 3.65. The average Bonchev–Trinajstić information content (AvgIpc) is 2.72. The van der Waals surface area contributed by atoms with E-state index in [1.807, 2.05) is 66.4 Å². The Balaban J connectivity index is 0.00000280. The molecule has 6 heteroatoms. The van der Waals surface area contributed by atoms with E-state index in [4.69, 9.17) is 15.2 Å². The molecule has 0 saturated carbocycles. The van der Waals surface area contributed by atoms with Crippen molar-refractivity contribution in [2.75, 3.05) is 19.7 Å². The van der Waals surface area contributed by atoms with E-state index in [2.05, 4.69) is 0 Å². The fraction of sp³-hybridized carbons (Fsp3) is 0.409. The number of ether oxygens (including phenoxy) is 2. The van der Waals surface area contributed by atoms with Gasteiger partial charge in [0.2, 0.25) is 0 Å². The van der Waals surface area contributed by atoms with Crippen LogP contribution in [0.2, 0.25) is 0 Å². The Morgan fingerprint density at radius 2 is 1.75 bits per heavy atom. The quantitative estimate of drug-likeness (QED) is 0.764. The molecule has 2 unspecified atom stereocenters. The molecule has 0 aliphatic carbocycles. The molecule has 1 aliphatic heterocycles. The molecule has 0 aromatic heterocycles. The van der Waals surface area contributed by atoms with Crippen molar-refractivity contribution in [3.05, 3.63) is 60.2 Å². The maximum Gasteiger partial charge on any atom is 0.260 e. The topological polar surface area (TPSA) is 64.8 Å². The highest BCUT2D eigenvalue weighted by Crippen LogP contribution is 2.27. The average molecular weight is 405 g/mol. The number of amides is 1. The number of para-hydroxylation sites is 2. The summed E-state index contributed by atoms with van der Waals surface area (Å²) >= 11 is 0. The first kappa shape index (κ1) is 22.1. The number of carbonyl (C=O) groups excluding carboxylic acids is 1. The first-order valence-corrected chi connectivity index (χ1v) is 9.55. The maximum atomic E-state index is 12.5. The van der Waals surface area contributed by atoms with Gasteiger partial charge in [-0.05, 0) is 43.4 Å². The summed E-state index contributed by atoms with van der Waals surface area (Å²) in [6.07, 6.45) is 2.08. The number of rotatable bonds is 7. The van der Waals surface area contributed by atoms with Gasteiger partial charge < -0.3 is 20.1 Å². The van der Waals surface area contributed by atoms with Crippen LogP contribution in [0.1, 0.15) is 25.3 Å². The van der Waals surface area contributed by atoms with Crippen molar-refractivity contribution in [3.63, 3.8) is 0 Å². The molecule has 152 valence electrons. The SMILES string of the molecule is CC(N)C1CCCN(C(=O)COc2ccccc2OCc2ccccc2)C1.Cl. The number of halogens is 1. The van der Waals surface area contributed by atoms with E-state index in [1.165, 1.54) is 0 Å². The lowest BCUT2D eigenvalue weighted by Crippen LogP contribution is -2.46. The molecule has 1 fully saturated rings. The zero-order chi connectivity index (χ0) is 19.1. The summed E-state index contributed by atoms with van der Waals surface area (Å²) in [5.41, 5.74) is 7.09. The predicted molar refractivity (Wildman–Crippen MR) is 113 cm³/mol. The van der Waals surface area contributed by atoms with E-state index in [-0.39, 0.29) is 31.0 Å². The molecule has 1 aliphatic rings. The molecule has 2 atom stereocenters. The standard InChI is InChI=1S/C22H28N2O3.ClH/c1-17(23)19-10-7-13-24(14-19)22(25)16-27-21-12-6-5-11-20(21)26-15-18-8-3-2-4-9-18;/h2-6,8-9,11-12,17,19H,7,10,13-16,23H2,1H3;1H. The highest BCUT2D eigenvalue weighted by atomic mass is 35.5. The molecule has 5 nitrogen and oxygen atoms in total. The van der Waals surface area contributed by atoms with Gasteiger partial charge in [-0.15, -0.1) is 12.4 Å². The number of carbonyl (C=O) groups is 1. The summed E-state index contributed by atoms with van der Waals surface area (Å²) in [5.74, 6) is 1.59. The van der Waals surface area contributed by atoms with Crippen molar-refractivity contribution < 1.29 is 14.3 Å². The molecule has 3 rings (SSSR count). The molecular weight excluding hydrogens is 376 g/mol. The van der Waals surface area contributed by atoms with Crippen LogP contribution in [-0.4, -0.2) is 36.5 Å². The van der Waals surface area contributed by atoms with Crippen LogP contribution in [0.4, 0.5) is 0 Å². The molecule has 0 radical (unpaired) electrons. The highest BCUT2D eigenvalue weighted by molar-refractivity contribution is 5.85. The molecule has 0 bridgehead atoms. The molecule has 2 aromatic rings. The van der Waals surface area contributed by atoms with Crippen molar-refractivity contribution in [2.24, 2.45) is 11.7 Å². The maximum absolute atomic E-state index is 12.5. The van der Waals surface area contributed by atoms with Crippen LogP contribution in [0.25, 0.3) is 0 Å². The second-order valence-corrected chi connectivity index (χ2v) is 7.11. The minimum Gasteiger partial charge on any atom is -0.485 e. The van der Waals surface area contributed by atoms with Crippen molar-refractivity contribution >= 4 is 18.3 Å². The first-order valence-electron chi connectivity index (χ1n) is 9.55. The third-order valence-electron chi connectivity index (χ3n) is 4.99. The first-order chi connectivity index (χ1) is 13.1. The van der Waals surface area contributed by atoms with Crippen molar-refractivity contribution in [3.8, 4) is 11.5 Å². The minimum absolute atomic E-state index is 0. The Bertz CT molecular complexity index is 740. The van der Waals surface area contributed by atoms with Gasteiger partial charge in [0, 0.05) is 19.1 Å². The Hall–Kier alpha value is -2.24. The van der Waals surface area contributed by atoms with Crippen LogP contribution in [-0.2, 0) is 11.4 Å². The summed E-state index contributed by atoms with van der Waals surface area (Å²) in [6, 6.07) is 17.5. The van der Waals surface area contributed by atoms with Crippen LogP contribution in [0, 0.1) is 5.92 Å². The molecule has 1 heterocycles. The number of likely N-dealkylation sites (tertiary alicyclic amines) is 1. The summed E-state index contributed by atoms with van der Waals surface area (Å²) in [6.45, 7) is 3.97. The molecule has 2 N–H and O–H groups in total. The molecule has 1 saturated heterocycles. The molecular formula is C22H29ClN2O3. The van der Waals surface area contributed by atoms with E-state index < -0.39 is 0 Å². The lowest BCUT2D eigenvalue weighted by molar-refractivity contribution is -0.135. The minimum atomic E-state index is -0.00166. The fourth-order valence-electron chi connectivity index (χ4n) is 3.32. The Kier molecular flexibility index (Phi) is 8.61. The molecule has 2 aromatic carbocycles. The van der Waals surface area contributed by atoms with Crippen LogP contribution in [0.5, 0.6) is 11.5 Å². The van der Waals surface area contributed by atoms with Gasteiger partial charge in [-0.1, -0.05) is 42.5 Å². The van der Waals surface area contributed by atoms with Gasteiger partial charge in [0.1, 0.15) is 6.61 Å². The van der Waals surface area contributed by atoms with Crippen molar-refractivity contribution in [1.82, 2.24) is 4.90 Å². The molecule has 0 spiro atoms. The highest BCUT2D eigenvalue weighted by Gasteiger charge is 2.26. The van der Waals surface area contributed by atoms with Crippen molar-refractivity contribution in [2.45, 2.75) is 32.4 Å². The summed E-state index contributed by atoms with van der Waals surface area (Å²) < 4.78 is 11.7. The number of piperidine rings is 1. The summed E-state index contributed by atoms with van der Waals surface area (Å²) in [5, 5.41) is 0. The lowest BCUT2D eigenvalue weighted by Gasteiger charge is -2.34. The van der Waals surface area contributed by atoms with E-state index in [0.717, 1.165) is 24.9 Å². The van der Waals surface area contributed by atoms with Gasteiger partial charge in [0.05, 0.1) is 0 Å².